The van der Waals surface area contributed by atoms with Crippen molar-refractivity contribution >= 4 is 33.2 Å². The lowest BCUT2D eigenvalue weighted by atomic mass is 9.97. The predicted molar refractivity (Wildman–Crippen MR) is 97.4 cm³/mol. The van der Waals surface area contributed by atoms with Gasteiger partial charge in [0.25, 0.3) is 5.56 Å². The van der Waals surface area contributed by atoms with Gasteiger partial charge >= 0.3 is 0 Å². The van der Waals surface area contributed by atoms with E-state index in [-0.39, 0.29) is 5.56 Å². The molecule has 1 aliphatic carbocycles. The van der Waals surface area contributed by atoms with Gasteiger partial charge in [-0.1, -0.05) is 0 Å². The molecule has 0 aliphatic heterocycles. The van der Waals surface area contributed by atoms with E-state index in [2.05, 4.69) is 24.3 Å². The summed E-state index contributed by atoms with van der Waals surface area (Å²) in [5, 5.41) is 8.38. The van der Waals surface area contributed by atoms with Gasteiger partial charge in [0, 0.05) is 24.2 Å². The highest BCUT2D eigenvalue weighted by Gasteiger charge is 2.21. The van der Waals surface area contributed by atoms with E-state index < -0.39 is 0 Å². The summed E-state index contributed by atoms with van der Waals surface area (Å²) < 4.78 is 3.49. The SMILES string of the molecule is CC(C)n1cc(Nc2nc3sc4c(c3c(=O)n2C)CCCC4)cn1. The van der Waals surface area contributed by atoms with Crippen molar-refractivity contribution in [3.8, 4) is 0 Å². The summed E-state index contributed by atoms with van der Waals surface area (Å²) in [5.74, 6) is 0.564. The van der Waals surface area contributed by atoms with Crippen molar-refractivity contribution in [1.82, 2.24) is 19.3 Å². The van der Waals surface area contributed by atoms with E-state index >= 15 is 0 Å². The van der Waals surface area contributed by atoms with Gasteiger partial charge in [-0.3, -0.25) is 14.0 Å². The summed E-state index contributed by atoms with van der Waals surface area (Å²) in [4.78, 5) is 19.8. The first-order valence-electron chi connectivity index (χ1n) is 8.37. The molecular weight excluding hydrogens is 322 g/mol. The number of nitrogens with zero attached hydrogens (tertiary/aromatic N) is 4. The molecule has 0 unspecified atom stereocenters. The molecule has 1 N–H and O–H groups in total. The minimum absolute atomic E-state index is 0.0400. The Kier molecular flexibility index (Phi) is 3.68. The van der Waals surface area contributed by atoms with Crippen LogP contribution in [0.1, 0.15) is 43.2 Å². The average molecular weight is 343 g/mol. The van der Waals surface area contributed by atoms with Crippen LogP contribution in [-0.4, -0.2) is 19.3 Å². The van der Waals surface area contributed by atoms with Crippen molar-refractivity contribution in [3.63, 3.8) is 0 Å². The maximum Gasteiger partial charge on any atom is 0.263 e. The largest absolute Gasteiger partial charge is 0.323 e. The quantitative estimate of drug-likeness (QED) is 0.792. The number of anilines is 2. The van der Waals surface area contributed by atoms with Gasteiger partial charge in [0.2, 0.25) is 5.95 Å². The summed E-state index contributed by atoms with van der Waals surface area (Å²) in [6.07, 6.45) is 8.13. The second-order valence-corrected chi connectivity index (χ2v) is 7.70. The molecule has 0 saturated carbocycles. The molecular formula is C17H21N5OS. The van der Waals surface area contributed by atoms with Gasteiger partial charge in [-0.2, -0.15) is 5.10 Å². The Morgan fingerprint density at radius 3 is 2.83 bits per heavy atom. The highest BCUT2D eigenvalue weighted by atomic mass is 32.1. The Morgan fingerprint density at radius 1 is 1.29 bits per heavy atom. The zero-order chi connectivity index (χ0) is 16.8. The lowest BCUT2D eigenvalue weighted by molar-refractivity contribution is 0.532. The number of fused-ring (bicyclic) bond motifs is 3. The second kappa shape index (κ2) is 5.73. The lowest BCUT2D eigenvalue weighted by Gasteiger charge is -2.11. The molecule has 6 nitrogen and oxygen atoms in total. The average Bonchev–Trinajstić information content (AvgIpc) is 3.16. The van der Waals surface area contributed by atoms with E-state index in [1.54, 1.807) is 29.1 Å². The summed E-state index contributed by atoms with van der Waals surface area (Å²) in [6.45, 7) is 4.15. The van der Waals surface area contributed by atoms with Crippen LogP contribution in [0, 0.1) is 0 Å². The third kappa shape index (κ3) is 2.43. The van der Waals surface area contributed by atoms with Gasteiger partial charge in [-0.05, 0) is 45.1 Å². The van der Waals surface area contributed by atoms with Crippen LogP contribution in [-0.2, 0) is 19.9 Å². The first kappa shape index (κ1) is 15.4. The van der Waals surface area contributed by atoms with Crippen molar-refractivity contribution in [2.24, 2.45) is 7.05 Å². The van der Waals surface area contributed by atoms with Crippen LogP contribution in [0.5, 0.6) is 0 Å². The maximum absolute atomic E-state index is 12.9. The Morgan fingerprint density at radius 2 is 2.08 bits per heavy atom. The monoisotopic (exact) mass is 343 g/mol. The fraction of sp³-hybridized carbons (Fsp3) is 0.471. The van der Waals surface area contributed by atoms with Crippen molar-refractivity contribution in [1.29, 1.82) is 0 Å². The normalized spacial score (nSPS) is 14.3. The van der Waals surface area contributed by atoms with E-state index in [1.165, 1.54) is 16.9 Å². The summed E-state index contributed by atoms with van der Waals surface area (Å²) in [7, 11) is 1.77. The van der Waals surface area contributed by atoms with Crippen LogP contribution in [0.4, 0.5) is 11.6 Å². The van der Waals surface area contributed by atoms with E-state index in [1.807, 2.05) is 10.9 Å². The molecule has 3 aromatic rings. The van der Waals surface area contributed by atoms with Gasteiger partial charge in [0.05, 0.1) is 17.3 Å². The van der Waals surface area contributed by atoms with Gasteiger partial charge in [-0.15, -0.1) is 11.3 Å². The molecule has 0 amide bonds. The number of hydrogen-bond acceptors (Lipinski definition) is 5. The van der Waals surface area contributed by atoms with Crippen LogP contribution >= 0.6 is 11.3 Å². The van der Waals surface area contributed by atoms with Crippen molar-refractivity contribution in [3.05, 3.63) is 33.2 Å². The molecule has 4 rings (SSSR count). The number of aromatic nitrogens is 4. The van der Waals surface area contributed by atoms with Crippen molar-refractivity contribution < 1.29 is 0 Å². The molecule has 0 saturated heterocycles. The second-order valence-electron chi connectivity index (χ2n) is 6.62. The van der Waals surface area contributed by atoms with Crippen LogP contribution in [0.15, 0.2) is 17.2 Å². The molecule has 3 aromatic heterocycles. The third-order valence-corrected chi connectivity index (χ3v) is 5.77. The van der Waals surface area contributed by atoms with E-state index in [0.717, 1.165) is 35.2 Å². The molecule has 0 atom stereocenters. The van der Waals surface area contributed by atoms with Crippen molar-refractivity contribution in [2.75, 3.05) is 5.32 Å². The smallest absolute Gasteiger partial charge is 0.263 e. The van der Waals surface area contributed by atoms with Crippen LogP contribution in [0.2, 0.25) is 0 Å². The molecule has 0 spiro atoms. The molecule has 0 aromatic carbocycles. The summed E-state index contributed by atoms with van der Waals surface area (Å²) >= 11 is 1.67. The van der Waals surface area contributed by atoms with Crippen LogP contribution in [0.3, 0.4) is 0 Å². The highest BCUT2D eigenvalue weighted by molar-refractivity contribution is 7.18. The van der Waals surface area contributed by atoms with Crippen LogP contribution < -0.4 is 10.9 Å². The summed E-state index contributed by atoms with van der Waals surface area (Å²) in [5.41, 5.74) is 2.11. The van der Waals surface area contributed by atoms with Crippen molar-refractivity contribution in [2.45, 2.75) is 45.6 Å². The zero-order valence-corrected chi connectivity index (χ0v) is 15.0. The Hall–Kier alpha value is -2.15. The molecule has 0 radical (unpaired) electrons. The number of rotatable bonds is 3. The van der Waals surface area contributed by atoms with E-state index in [9.17, 15) is 4.79 Å². The molecule has 7 heteroatoms. The molecule has 126 valence electrons. The lowest BCUT2D eigenvalue weighted by Crippen LogP contribution is -2.21. The van der Waals surface area contributed by atoms with E-state index in [0.29, 0.717) is 12.0 Å². The molecule has 1 aliphatic rings. The van der Waals surface area contributed by atoms with Gasteiger partial charge < -0.3 is 5.32 Å². The topological polar surface area (TPSA) is 64.7 Å². The zero-order valence-electron chi connectivity index (χ0n) is 14.2. The minimum Gasteiger partial charge on any atom is -0.323 e. The fourth-order valence-corrected chi connectivity index (χ4v) is 4.46. The Labute approximate surface area is 144 Å². The first-order valence-corrected chi connectivity index (χ1v) is 9.18. The molecule has 3 heterocycles. The minimum atomic E-state index is 0.0400. The molecule has 0 fully saturated rings. The first-order chi connectivity index (χ1) is 11.5. The maximum atomic E-state index is 12.9. The predicted octanol–water partition coefficient (Wildman–Crippen LogP) is 3.39. The summed E-state index contributed by atoms with van der Waals surface area (Å²) in [6, 6.07) is 0.295. The third-order valence-electron chi connectivity index (χ3n) is 4.58. The van der Waals surface area contributed by atoms with Crippen LogP contribution in [0.25, 0.3) is 10.2 Å². The molecule has 0 bridgehead atoms. The van der Waals surface area contributed by atoms with Gasteiger partial charge in [0.1, 0.15) is 4.83 Å². The number of nitrogens with one attached hydrogen (secondary N) is 1. The van der Waals surface area contributed by atoms with E-state index in [4.69, 9.17) is 4.98 Å². The Bertz CT molecular complexity index is 965. The number of aryl methyl sites for hydroxylation is 2. The number of hydrogen-bond donors (Lipinski definition) is 1. The number of thiophene rings is 1. The Balaban J connectivity index is 1.78. The fourth-order valence-electron chi connectivity index (χ4n) is 3.21. The van der Waals surface area contributed by atoms with Gasteiger partial charge in [0.15, 0.2) is 0 Å². The molecule has 24 heavy (non-hydrogen) atoms. The van der Waals surface area contributed by atoms with Gasteiger partial charge in [-0.25, -0.2) is 4.98 Å². The standard InChI is InChI=1S/C17H21N5OS/c1-10(2)22-9-11(8-18-22)19-17-20-15-14(16(23)21(17)3)12-6-4-5-7-13(12)24-15/h8-10H,4-7H2,1-3H3,(H,19,20). The highest BCUT2D eigenvalue weighted by Crippen LogP contribution is 2.34.